The molecule has 2 aromatic heterocycles. The highest BCUT2D eigenvalue weighted by Gasteiger charge is 2.21. The average Bonchev–Trinajstić information content (AvgIpc) is 2.96. The molecule has 1 saturated heterocycles. The SMILES string of the molecule is COc1ccc2cnc(C3CCSC3)n2c1. The van der Waals surface area contributed by atoms with Gasteiger partial charge in [0, 0.05) is 11.7 Å². The molecule has 0 spiro atoms. The number of methoxy groups -OCH3 is 1. The molecule has 0 amide bonds. The van der Waals surface area contributed by atoms with Crippen molar-refractivity contribution in [3.8, 4) is 5.75 Å². The molecule has 1 fully saturated rings. The van der Waals surface area contributed by atoms with Crippen LogP contribution in [0.2, 0.25) is 0 Å². The topological polar surface area (TPSA) is 26.5 Å². The van der Waals surface area contributed by atoms with E-state index in [2.05, 4.69) is 15.5 Å². The molecule has 1 unspecified atom stereocenters. The Bertz CT molecular complexity index is 503. The molecule has 0 bridgehead atoms. The third kappa shape index (κ3) is 1.57. The predicted octanol–water partition coefficient (Wildman–Crippen LogP) is 2.56. The largest absolute Gasteiger partial charge is 0.495 e. The van der Waals surface area contributed by atoms with E-state index in [0.717, 1.165) is 11.3 Å². The van der Waals surface area contributed by atoms with Gasteiger partial charge in [-0.3, -0.25) is 4.40 Å². The Balaban J connectivity index is 2.09. The second-order valence-corrected chi connectivity index (χ2v) is 5.19. The molecule has 1 aliphatic heterocycles. The van der Waals surface area contributed by atoms with Crippen molar-refractivity contribution in [1.82, 2.24) is 9.38 Å². The first-order valence-electron chi connectivity index (χ1n) is 5.47. The first-order chi connectivity index (χ1) is 7.88. The van der Waals surface area contributed by atoms with E-state index >= 15 is 0 Å². The van der Waals surface area contributed by atoms with Crippen molar-refractivity contribution in [1.29, 1.82) is 0 Å². The molecule has 3 nitrogen and oxygen atoms in total. The van der Waals surface area contributed by atoms with E-state index in [0.29, 0.717) is 5.92 Å². The molecule has 16 heavy (non-hydrogen) atoms. The second kappa shape index (κ2) is 4.01. The number of rotatable bonds is 2. The maximum Gasteiger partial charge on any atom is 0.135 e. The van der Waals surface area contributed by atoms with Gasteiger partial charge in [0.25, 0.3) is 0 Å². The highest BCUT2D eigenvalue weighted by Crippen LogP contribution is 2.32. The number of ether oxygens (including phenoxy) is 1. The quantitative estimate of drug-likeness (QED) is 0.799. The van der Waals surface area contributed by atoms with E-state index in [1.54, 1.807) is 7.11 Å². The van der Waals surface area contributed by atoms with Crippen LogP contribution in [0.1, 0.15) is 18.2 Å². The molecular weight excluding hydrogens is 220 g/mol. The summed E-state index contributed by atoms with van der Waals surface area (Å²) >= 11 is 2.01. The summed E-state index contributed by atoms with van der Waals surface area (Å²) in [6.45, 7) is 0. The average molecular weight is 234 g/mol. The molecule has 84 valence electrons. The van der Waals surface area contributed by atoms with Crippen molar-refractivity contribution >= 4 is 17.3 Å². The maximum absolute atomic E-state index is 5.26. The van der Waals surface area contributed by atoms with Gasteiger partial charge < -0.3 is 4.74 Å². The first-order valence-corrected chi connectivity index (χ1v) is 6.62. The van der Waals surface area contributed by atoms with E-state index < -0.39 is 0 Å². The minimum atomic E-state index is 0.597. The van der Waals surface area contributed by atoms with Crippen LogP contribution in [0.5, 0.6) is 5.75 Å². The van der Waals surface area contributed by atoms with Crippen molar-refractivity contribution < 1.29 is 4.74 Å². The van der Waals surface area contributed by atoms with Gasteiger partial charge in [-0.2, -0.15) is 11.8 Å². The minimum Gasteiger partial charge on any atom is -0.495 e. The fourth-order valence-electron chi connectivity index (χ4n) is 2.15. The van der Waals surface area contributed by atoms with Gasteiger partial charge in [-0.1, -0.05) is 0 Å². The summed E-state index contributed by atoms with van der Waals surface area (Å²) in [5.74, 6) is 5.11. The van der Waals surface area contributed by atoms with Gasteiger partial charge in [0.1, 0.15) is 11.6 Å². The Hall–Kier alpha value is -1.16. The van der Waals surface area contributed by atoms with Gasteiger partial charge in [0.15, 0.2) is 0 Å². The Morgan fingerprint density at radius 1 is 1.50 bits per heavy atom. The second-order valence-electron chi connectivity index (χ2n) is 4.04. The van der Waals surface area contributed by atoms with E-state index in [4.69, 9.17) is 4.74 Å². The molecule has 3 heterocycles. The van der Waals surface area contributed by atoms with Gasteiger partial charge in [-0.15, -0.1) is 0 Å². The lowest BCUT2D eigenvalue weighted by Crippen LogP contribution is -2.03. The van der Waals surface area contributed by atoms with Crippen molar-refractivity contribution in [2.75, 3.05) is 18.6 Å². The van der Waals surface area contributed by atoms with Crippen molar-refractivity contribution in [3.63, 3.8) is 0 Å². The van der Waals surface area contributed by atoms with Crippen molar-refractivity contribution in [2.24, 2.45) is 0 Å². The lowest BCUT2D eigenvalue weighted by Gasteiger charge is -2.08. The predicted molar refractivity (Wildman–Crippen MR) is 66.4 cm³/mol. The number of imidazole rings is 1. The van der Waals surface area contributed by atoms with Gasteiger partial charge in [0.2, 0.25) is 0 Å². The summed E-state index contributed by atoms with van der Waals surface area (Å²) in [7, 11) is 1.70. The van der Waals surface area contributed by atoms with Crippen LogP contribution >= 0.6 is 11.8 Å². The fourth-order valence-corrected chi connectivity index (χ4v) is 3.37. The molecule has 3 rings (SSSR count). The maximum atomic E-state index is 5.26. The summed E-state index contributed by atoms with van der Waals surface area (Å²) in [5.41, 5.74) is 1.15. The van der Waals surface area contributed by atoms with E-state index in [-0.39, 0.29) is 0 Å². The number of aromatic nitrogens is 2. The Morgan fingerprint density at radius 2 is 2.44 bits per heavy atom. The summed E-state index contributed by atoms with van der Waals surface area (Å²) < 4.78 is 7.42. The fraction of sp³-hybridized carbons (Fsp3) is 0.417. The van der Waals surface area contributed by atoms with Gasteiger partial charge >= 0.3 is 0 Å². The number of hydrogen-bond acceptors (Lipinski definition) is 3. The molecule has 0 aromatic carbocycles. The molecule has 1 atom stereocenters. The Kier molecular flexibility index (Phi) is 2.52. The van der Waals surface area contributed by atoms with E-state index in [1.807, 2.05) is 30.2 Å². The van der Waals surface area contributed by atoms with E-state index in [9.17, 15) is 0 Å². The third-order valence-corrected chi connectivity index (χ3v) is 4.22. The minimum absolute atomic E-state index is 0.597. The Labute approximate surface area is 98.8 Å². The van der Waals surface area contributed by atoms with Crippen LogP contribution in [0, 0.1) is 0 Å². The van der Waals surface area contributed by atoms with Gasteiger partial charge in [-0.25, -0.2) is 4.98 Å². The van der Waals surface area contributed by atoms with Gasteiger partial charge in [0.05, 0.1) is 25.0 Å². The highest BCUT2D eigenvalue weighted by atomic mass is 32.2. The summed E-state index contributed by atoms with van der Waals surface area (Å²) in [6.07, 6.45) is 5.21. The highest BCUT2D eigenvalue weighted by molar-refractivity contribution is 7.99. The smallest absolute Gasteiger partial charge is 0.135 e. The zero-order chi connectivity index (χ0) is 11.0. The summed E-state index contributed by atoms with van der Waals surface area (Å²) in [6, 6.07) is 4.03. The molecule has 0 radical (unpaired) electrons. The van der Waals surface area contributed by atoms with Crippen LogP contribution in [-0.4, -0.2) is 28.0 Å². The molecular formula is C12H14N2OS. The molecule has 0 saturated carbocycles. The van der Waals surface area contributed by atoms with E-state index in [1.165, 1.54) is 23.8 Å². The van der Waals surface area contributed by atoms with Crippen LogP contribution in [-0.2, 0) is 0 Å². The van der Waals surface area contributed by atoms with Crippen LogP contribution < -0.4 is 4.74 Å². The zero-order valence-electron chi connectivity index (χ0n) is 9.22. The normalized spacial score (nSPS) is 20.4. The lowest BCUT2D eigenvalue weighted by atomic mass is 10.1. The first kappa shape index (κ1) is 10.0. The van der Waals surface area contributed by atoms with Crippen molar-refractivity contribution in [3.05, 3.63) is 30.4 Å². The number of pyridine rings is 1. The van der Waals surface area contributed by atoms with Crippen molar-refractivity contribution in [2.45, 2.75) is 12.3 Å². The molecule has 1 aliphatic rings. The van der Waals surface area contributed by atoms with Crippen LogP contribution in [0.25, 0.3) is 5.52 Å². The zero-order valence-corrected chi connectivity index (χ0v) is 10.0. The van der Waals surface area contributed by atoms with Crippen LogP contribution in [0.4, 0.5) is 0 Å². The molecule has 0 N–H and O–H groups in total. The summed E-state index contributed by atoms with van der Waals surface area (Å²) in [5, 5.41) is 0. The third-order valence-electron chi connectivity index (χ3n) is 3.06. The number of thioether (sulfide) groups is 1. The standard InChI is InChI=1S/C12H14N2OS/c1-15-11-3-2-10-6-13-12(14(10)7-11)9-4-5-16-8-9/h2-3,6-7,9H,4-5,8H2,1H3. The molecule has 2 aromatic rings. The number of hydrogen-bond donors (Lipinski definition) is 0. The van der Waals surface area contributed by atoms with Crippen LogP contribution in [0.3, 0.4) is 0 Å². The number of nitrogens with zero attached hydrogens (tertiary/aromatic N) is 2. The monoisotopic (exact) mass is 234 g/mol. The molecule has 0 aliphatic carbocycles. The molecule has 4 heteroatoms. The lowest BCUT2D eigenvalue weighted by molar-refractivity contribution is 0.412. The Morgan fingerprint density at radius 3 is 3.19 bits per heavy atom. The van der Waals surface area contributed by atoms with Gasteiger partial charge in [-0.05, 0) is 24.3 Å². The van der Waals surface area contributed by atoms with Crippen LogP contribution in [0.15, 0.2) is 24.5 Å². The summed E-state index contributed by atoms with van der Waals surface area (Å²) in [4.78, 5) is 4.55. The number of fused-ring (bicyclic) bond motifs is 1.